The minimum atomic E-state index is 0.927. The van der Waals surface area contributed by atoms with Crippen LogP contribution in [0.4, 0.5) is 0 Å². The van der Waals surface area contributed by atoms with Crippen LogP contribution in [0.15, 0.2) is 65.3 Å². The van der Waals surface area contributed by atoms with Gasteiger partial charge in [0.15, 0.2) is 0 Å². The highest BCUT2D eigenvalue weighted by molar-refractivity contribution is 9.10. The van der Waals surface area contributed by atoms with Crippen LogP contribution in [-0.4, -0.2) is 4.98 Å². The Balaban J connectivity index is 1.98. The van der Waals surface area contributed by atoms with Gasteiger partial charge < -0.3 is 0 Å². The zero-order valence-corrected chi connectivity index (χ0v) is 11.4. The van der Waals surface area contributed by atoms with E-state index in [2.05, 4.69) is 57.3 Å². The van der Waals surface area contributed by atoms with Gasteiger partial charge in [0.1, 0.15) is 0 Å². The van der Waals surface area contributed by atoms with Gasteiger partial charge in [-0.25, -0.2) is 0 Å². The van der Waals surface area contributed by atoms with Crippen LogP contribution in [0.2, 0.25) is 0 Å². The van der Waals surface area contributed by atoms with Crippen LogP contribution in [0.25, 0.3) is 10.9 Å². The molecular formula is C16H12BrN. The molecule has 0 atom stereocenters. The van der Waals surface area contributed by atoms with Gasteiger partial charge in [-0.15, -0.1) is 0 Å². The van der Waals surface area contributed by atoms with Gasteiger partial charge in [-0.05, 0) is 41.8 Å². The quantitative estimate of drug-likeness (QED) is 0.674. The van der Waals surface area contributed by atoms with Gasteiger partial charge in [-0.1, -0.05) is 46.3 Å². The predicted octanol–water partition coefficient (Wildman–Crippen LogP) is 4.59. The summed E-state index contributed by atoms with van der Waals surface area (Å²) < 4.78 is 1.09. The lowest BCUT2D eigenvalue weighted by molar-refractivity contribution is 1.17. The topological polar surface area (TPSA) is 12.9 Å². The van der Waals surface area contributed by atoms with Gasteiger partial charge in [0.05, 0.1) is 5.52 Å². The number of pyridine rings is 1. The van der Waals surface area contributed by atoms with Crippen molar-refractivity contribution in [2.75, 3.05) is 0 Å². The molecule has 0 fully saturated rings. The maximum atomic E-state index is 4.50. The fourth-order valence-corrected chi connectivity index (χ4v) is 2.46. The number of fused-ring (bicyclic) bond motifs is 1. The minimum absolute atomic E-state index is 0.927. The zero-order chi connectivity index (χ0) is 12.4. The Kier molecular flexibility index (Phi) is 3.11. The van der Waals surface area contributed by atoms with Crippen LogP contribution in [-0.2, 0) is 6.42 Å². The van der Waals surface area contributed by atoms with Gasteiger partial charge in [-0.2, -0.15) is 0 Å². The van der Waals surface area contributed by atoms with Gasteiger partial charge in [0.25, 0.3) is 0 Å². The monoisotopic (exact) mass is 297 g/mol. The minimum Gasteiger partial charge on any atom is -0.256 e. The summed E-state index contributed by atoms with van der Waals surface area (Å²) in [5.41, 5.74) is 3.59. The summed E-state index contributed by atoms with van der Waals surface area (Å²) in [7, 11) is 0. The van der Waals surface area contributed by atoms with E-state index >= 15 is 0 Å². The summed E-state index contributed by atoms with van der Waals surface area (Å²) in [4.78, 5) is 4.50. The molecule has 0 aliphatic heterocycles. The van der Waals surface area contributed by atoms with E-state index in [1.807, 2.05) is 24.4 Å². The van der Waals surface area contributed by atoms with E-state index in [1.165, 1.54) is 16.5 Å². The molecule has 0 bridgehead atoms. The number of rotatable bonds is 2. The van der Waals surface area contributed by atoms with Crippen molar-refractivity contribution in [1.29, 1.82) is 0 Å². The number of nitrogens with zero attached hydrogens (tertiary/aromatic N) is 1. The van der Waals surface area contributed by atoms with Crippen molar-refractivity contribution < 1.29 is 0 Å². The summed E-state index contributed by atoms with van der Waals surface area (Å²) in [6.45, 7) is 0. The first-order valence-corrected chi connectivity index (χ1v) is 6.69. The lowest BCUT2D eigenvalue weighted by atomic mass is 10.1. The van der Waals surface area contributed by atoms with E-state index in [-0.39, 0.29) is 0 Å². The Morgan fingerprint density at radius 1 is 0.889 bits per heavy atom. The van der Waals surface area contributed by atoms with Crippen molar-refractivity contribution >= 4 is 26.8 Å². The summed E-state index contributed by atoms with van der Waals surface area (Å²) in [5, 5.41) is 1.18. The van der Waals surface area contributed by atoms with Crippen LogP contribution in [0.5, 0.6) is 0 Å². The molecule has 3 aromatic rings. The van der Waals surface area contributed by atoms with E-state index in [1.54, 1.807) is 0 Å². The molecule has 0 amide bonds. The molecule has 0 saturated carbocycles. The first kappa shape index (κ1) is 11.4. The Labute approximate surface area is 115 Å². The third kappa shape index (κ3) is 2.44. The number of hydrogen-bond acceptors (Lipinski definition) is 1. The second-order valence-electron chi connectivity index (χ2n) is 4.34. The molecule has 2 aromatic carbocycles. The lowest BCUT2D eigenvalue weighted by Gasteiger charge is -2.04. The van der Waals surface area contributed by atoms with Crippen molar-refractivity contribution in [3.63, 3.8) is 0 Å². The van der Waals surface area contributed by atoms with Crippen LogP contribution in [0.3, 0.4) is 0 Å². The second-order valence-corrected chi connectivity index (χ2v) is 5.26. The average molecular weight is 298 g/mol. The molecule has 0 aliphatic carbocycles. The van der Waals surface area contributed by atoms with Crippen LogP contribution < -0.4 is 0 Å². The molecule has 1 nitrogen and oxygen atoms in total. The van der Waals surface area contributed by atoms with Crippen molar-refractivity contribution in [3.8, 4) is 0 Å². The fourth-order valence-electron chi connectivity index (χ4n) is 2.08. The first-order chi connectivity index (χ1) is 8.81. The summed E-state index contributed by atoms with van der Waals surface area (Å²) in [5.74, 6) is 0. The average Bonchev–Trinajstić information content (AvgIpc) is 2.39. The lowest BCUT2D eigenvalue weighted by Crippen LogP contribution is -1.89. The summed E-state index contributed by atoms with van der Waals surface area (Å²) in [6.07, 6.45) is 2.89. The Bertz CT molecular complexity index is 677. The highest BCUT2D eigenvalue weighted by Gasteiger charge is 2.00. The first-order valence-electron chi connectivity index (χ1n) is 5.89. The Hall–Kier alpha value is -1.67. The molecule has 1 aromatic heterocycles. The molecule has 0 radical (unpaired) electrons. The second kappa shape index (κ2) is 4.91. The predicted molar refractivity (Wildman–Crippen MR) is 78.7 cm³/mol. The van der Waals surface area contributed by atoms with E-state index in [0.717, 1.165) is 16.4 Å². The largest absolute Gasteiger partial charge is 0.256 e. The molecule has 0 aliphatic rings. The molecule has 18 heavy (non-hydrogen) atoms. The van der Waals surface area contributed by atoms with Crippen molar-refractivity contribution in [3.05, 3.63) is 76.4 Å². The number of aromatic nitrogens is 1. The van der Waals surface area contributed by atoms with Crippen molar-refractivity contribution in [1.82, 2.24) is 4.98 Å². The van der Waals surface area contributed by atoms with E-state index in [0.29, 0.717) is 0 Å². The molecule has 2 heteroatoms. The maximum absolute atomic E-state index is 4.50. The highest BCUT2D eigenvalue weighted by Crippen LogP contribution is 2.20. The third-order valence-electron chi connectivity index (χ3n) is 2.95. The van der Waals surface area contributed by atoms with Crippen molar-refractivity contribution in [2.45, 2.75) is 6.42 Å². The van der Waals surface area contributed by atoms with E-state index in [4.69, 9.17) is 0 Å². The normalized spacial score (nSPS) is 10.7. The SMILES string of the molecule is Brc1ccc2ncc(Cc3ccccc3)cc2c1. The molecule has 0 spiro atoms. The number of halogens is 1. The van der Waals surface area contributed by atoms with E-state index in [9.17, 15) is 0 Å². The third-order valence-corrected chi connectivity index (χ3v) is 3.44. The highest BCUT2D eigenvalue weighted by atomic mass is 79.9. The molecule has 0 unspecified atom stereocenters. The van der Waals surface area contributed by atoms with Crippen LogP contribution in [0, 0.1) is 0 Å². The smallest absolute Gasteiger partial charge is 0.0702 e. The summed E-state index contributed by atoms with van der Waals surface area (Å²) in [6, 6.07) is 18.8. The molecule has 0 N–H and O–H groups in total. The number of benzene rings is 2. The molecular weight excluding hydrogens is 286 g/mol. The van der Waals surface area contributed by atoms with Crippen molar-refractivity contribution in [2.24, 2.45) is 0 Å². The molecule has 1 heterocycles. The van der Waals surface area contributed by atoms with E-state index < -0.39 is 0 Å². The van der Waals surface area contributed by atoms with Gasteiger partial charge >= 0.3 is 0 Å². The zero-order valence-electron chi connectivity index (χ0n) is 9.81. The Morgan fingerprint density at radius 2 is 1.72 bits per heavy atom. The number of hydrogen-bond donors (Lipinski definition) is 0. The summed E-state index contributed by atoms with van der Waals surface area (Å²) >= 11 is 3.50. The Morgan fingerprint density at radius 3 is 2.56 bits per heavy atom. The van der Waals surface area contributed by atoms with Gasteiger partial charge in [-0.3, -0.25) is 4.98 Å². The maximum Gasteiger partial charge on any atom is 0.0702 e. The molecule has 3 rings (SSSR count). The standard InChI is InChI=1S/C16H12BrN/c17-15-6-7-16-14(10-15)9-13(11-18-16)8-12-4-2-1-3-5-12/h1-7,9-11H,8H2. The fraction of sp³-hybridized carbons (Fsp3) is 0.0625. The van der Waals surface area contributed by atoms with Gasteiger partial charge in [0, 0.05) is 16.1 Å². The van der Waals surface area contributed by atoms with Crippen LogP contribution in [0.1, 0.15) is 11.1 Å². The molecule has 88 valence electrons. The van der Waals surface area contributed by atoms with Gasteiger partial charge in [0.2, 0.25) is 0 Å². The molecule has 0 saturated heterocycles. The van der Waals surface area contributed by atoms with Crippen LogP contribution >= 0.6 is 15.9 Å².